The maximum Gasteiger partial charge on any atom is 0.349 e. The first kappa shape index (κ1) is 8.20. The second kappa shape index (κ2) is 3.00. The Kier molecular flexibility index (Phi) is 2.24. The van der Waals surface area contributed by atoms with Gasteiger partial charge >= 0.3 is 7.60 Å². The second-order valence-corrected chi connectivity index (χ2v) is 3.39. The van der Waals surface area contributed by atoms with E-state index < -0.39 is 7.60 Å². The molecule has 1 rings (SSSR count). The third kappa shape index (κ3) is 3.13. The minimum Gasteiger partial charge on any atom is -0.345 e. The van der Waals surface area contributed by atoms with Crippen molar-refractivity contribution in [3.05, 3.63) is 24.0 Å². The van der Waals surface area contributed by atoms with E-state index >= 15 is 0 Å². The predicted octanol–water partition coefficient (Wildman–Crippen LogP) is 0.558. The summed E-state index contributed by atoms with van der Waals surface area (Å²) in [6.07, 6.45) is 4.18. The van der Waals surface area contributed by atoms with Gasteiger partial charge in [-0.25, -0.2) is 4.98 Å². The molecule has 3 N–H and O–H groups in total. The molecule has 0 bridgehead atoms. The van der Waals surface area contributed by atoms with Crippen LogP contribution in [0.2, 0.25) is 0 Å². The molecular formula is C5H7N2O3P. The maximum absolute atomic E-state index is 10.3. The summed E-state index contributed by atoms with van der Waals surface area (Å²) in [6, 6.07) is 0. The zero-order chi connectivity index (χ0) is 8.32. The summed E-state index contributed by atoms with van der Waals surface area (Å²) in [5.74, 6) is 0.820. The lowest BCUT2D eigenvalue weighted by atomic mass is 10.5. The van der Waals surface area contributed by atoms with E-state index in [4.69, 9.17) is 9.79 Å². The lowest BCUT2D eigenvalue weighted by Crippen LogP contribution is -1.70. The van der Waals surface area contributed by atoms with Gasteiger partial charge in [0.1, 0.15) is 0 Å². The van der Waals surface area contributed by atoms with E-state index in [0.717, 1.165) is 5.82 Å². The molecular weight excluding hydrogens is 167 g/mol. The molecule has 1 aromatic rings. The van der Waals surface area contributed by atoms with Crippen molar-refractivity contribution < 1.29 is 14.4 Å². The van der Waals surface area contributed by atoms with Crippen LogP contribution in [0.3, 0.4) is 0 Å². The van der Waals surface area contributed by atoms with Crippen LogP contribution in [-0.2, 0) is 4.57 Å². The molecule has 0 radical (unpaired) electrons. The fourth-order valence-corrected chi connectivity index (χ4v) is 0.890. The molecule has 0 aliphatic rings. The predicted molar refractivity (Wildman–Crippen MR) is 39.7 cm³/mol. The molecule has 1 heterocycles. The highest BCUT2D eigenvalue weighted by Gasteiger charge is 2.04. The van der Waals surface area contributed by atoms with Gasteiger partial charge in [0.05, 0.1) is 18.2 Å². The SMILES string of the molecule is O=P(O)(O)C=Cc1cnc[nH]1. The Bertz CT molecular complexity index is 287. The third-order valence-electron chi connectivity index (χ3n) is 0.968. The van der Waals surface area contributed by atoms with Crippen LogP contribution in [0.15, 0.2) is 18.3 Å². The number of imidazole rings is 1. The van der Waals surface area contributed by atoms with Gasteiger partial charge in [0.15, 0.2) is 0 Å². The molecule has 0 atom stereocenters. The molecule has 6 heteroatoms. The van der Waals surface area contributed by atoms with Crippen molar-refractivity contribution in [1.29, 1.82) is 0 Å². The third-order valence-corrected chi connectivity index (χ3v) is 1.51. The first-order chi connectivity index (χ1) is 5.08. The minimum absolute atomic E-state index is 0.563. The maximum atomic E-state index is 10.3. The molecule has 0 unspecified atom stereocenters. The fraction of sp³-hybridized carbons (Fsp3) is 0. The largest absolute Gasteiger partial charge is 0.349 e. The molecule has 1 aromatic heterocycles. The van der Waals surface area contributed by atoms with Crippen molar-refractivity contribution in [2.75, 3.05) is 0 Å². The number of H-pyrrole nitrogens is 1. The number of hydrogen-bond acceptors (Lipinski definition) is 2. The van der Waals surface area contributed by atoms with Gasteiger partial charge in [-0.05, 0) is 6.08 Å². The van der Waals surface area contributed by atoms with E-state index in [2.05, 4.69) is 9.97 Å². The molecule has 11 heavy (non-hydrogen) atoms. The average Bonchev–Trinajstić information content (AvgIpc) is 2.32. The van der Waals surface area contributed by atoms with Gasteiger partial charge in [-0.1, -0.05) is 0 Å². The molecule has 0 aromatic carbocycles. The van der Waals surface area contributed by atoms with Crippen molar-refractivity contribution in [2.24, 2.45) is 0 Å². The van der Waals surface area contributed by atoms with Gasteiger partial charge < -0.3 is 14.8 Å². The highest BCUT2D eigenvalue weighted by atomic mass is 31.2. The molecule has 0 saturated carbocycles. The summed E-state index contributed by atoms with van der Waals surface area (Å²) in [5.41, 5.74) is 0.563. The molecule has 0 fully saturated rings. The summed E-state index contributed by atoms with van der Waals surface area (Å²) in [4.78, 5) is 23.1. The summed E-state index contributed by atoms with van der Waals surface area (Å²) in [5, 5.41) is 0. The highest BCUT2D eigenvalue weighted by molar-refractivity contribution is 7.55. The van der Waals surface area contributed by atoms with Gasteiger partial charge in [0, 0.05) is 5.82 Å². The molecule has 0 amide bonds. The van der Waals surface area contributed by atoms with Gasteiger partial charge in [0.25, 0.3) is 0 Å². The van der Waals surface area contributed by atoms with Crippen LogP contribution in [0.4, 0.5) is 0 Å². The van der Waals surface area contributed by atoms with Crippen molar-refractivity contribution >= 4 is 13.7 Å². The zero-order valence-corrected chi connectivity index (χ0v) is 6.40. The van der Waals surface area contributed by atoms with Crippen LogP contribution < -0.4 is 0 Å². The van der Waals surface area contributed by atoms with Gasteiger partial charge in [-0.2, -0.15) is 0 Å². The van der Waals surface area contributed by atoms with Crippen molar-refractivity contribution in [2.45, 2.75) is 0 Å². The standard InChI is InChI=1S/C5H7N2O3P/c8-11(9,10)2-1-5-3-6-4-7-5/h1-4H,(H,6,7)(H2,8,9,10). The number of hydrogen-bond donors (Lipinski definition) is 3. The average molecular weight is 174 g/mol. The van der Waals surface area contributed by atoms with Crippen molar-refractivity contribution in [3.8, 4) is 0 Å². The highest BCUT2D eigenvalue weighted by Crippen LogP contribution is 2.36. The molecule has 0 aliphatic heterocycles. The first-order valence-electron chi connectivity index (χ1n) is 2.81. The lowest BCUT2D eigenvalue weighted by molar-refractivity contribution is 0.386. The summed E-state index contributed by atoms with van der Waals surface area (Å²) >= 11 is 0. The first-order valence-corrected chi connectivity index (χ1v) is 4.49. The number of nitrogens with zero attached hydrogens (tertiary/aromatic N) is 1. The summed E-state index contributed by atoms with van der Waals surface area (Å²) in [7, 11) is -4.04. The smallest absolute Gasteiger partial charge is 0.345 e. The number of nitrogens with one attached hydrogen (secondary N) is 1. The van der Waals surface area contributed by atoms with E-state index in [1.54, 1.807) is 0 Å². The van der Waals surface area contributed by atoms with Crippen LogP contribution in [-0.4, -0.2) is 19.8 Å². The van der Waals surface area contributed by atoms with E-state index in [9.17, 15) is 4.57 Å². The van der Waals surface area contributed by atoms with Crippen molar-refractivity contribution in [3.63, 3.8) is 0 Å². The van der Waals surface area contributed by atoms with E-state index in [0.29, 0.717) is 5.69 Å². The van der Waals surface area contributed by atoms with Gasteiger partial charge in [-0.15, -0.1) is 0 Å². The van der Waals surface area contributed by atoms with E-state index in [1.165, 1.54) is 18.6 Å². The van der Waals surface area contributed by atoms with Gasteiger partial charge in [0.2, 0.25) is 0 Å². The number of aromatic nitrogens is 2. The topological polar surface area (TPSA) is 86.2 Å². The Hall–Kier alpha value is -0.900. The van der Waals surface area contributed by atoms with E-state index in [1.807, 2.05) is 0 Å². The second-order valence-electron chi connectivity index (χ2n) is 1.91. The zero-order valence-electron chi connectivity index (χ0n) is 5.51. The summed E-state index contributed by atoms with van der Waals surface area (Å²) < 4.78 is 10.3. The quantitative estimate of drug-likeness (QED) is 0.571. The molecule has 5 nitrogen and oxygen atoms in total. The Morgan fingerprint density at radius 2 is 2.36 bits per heavy atom. The molecule has 0 spiro atoms. The number of aromatic amines is 1. The normalized spacial score (nSPS) is 12.5. The Morgan fingerprint density at radius 3 is 2.82 bits per heavy atom. The monoisotopic (exact) mass is 174 g/mol. The van der Waals surface area contributed by atoms with Crippen LogP contribution in [0.5, 0.6) is 0 Å². The van der Waals surface area contributed by atoms with Crippen LogP contribution in [0.1, 0.15) is 5.69 Å². The lowest BCUT2D eigenvalue weighted by Gasteiger charge is -1.91. The van der Waals surface area contributed by atoms with Crippen molar-refractivity contribution in [1.82, 2.24) is 9.97 Å². The Balaban J connectivity index is 2.71. The summed E-state index contributed by atoms with van der Waals surface area (Å²) in [6.45, 7) is 0. The van der Waals surface area contributed by atoms with Gasteiger partial charge in [-0.3, -0.25) is 4.57 Å². The number of rotatable bonds is 2. The molecule has 0 saturated heterocycles. The Labute approximate surface area is 63.0 Å². The van der Waals surface area contributed by atoms with Crippen LogP contribution >= 0.6 is 7.60 Å². The van der Waals surface area contributed by atoms with Crippen LogP contribution in [0.25, 0.3) is 6.08 Å². The minimum atomic E-state index is -4.04. The van der Waals surface area contributed by atoms with E-state index in [-0.39, 0.29) is 0 Å². The fourth-order valence-electron chi connectivity index (χ4n) is 0.535. The molecule has 0 aliphatic carbocycles. The van der Waals surface area contributed by atoms with Crippen LogP contribution in [0, 0.1) is 0 Å². The Morgan fingerprint density at radius 1 is 1.64 bits per heavy atom. The molecule has 60 valence electrons.